The van der Waals surface area contributed by atoms with Crippen molar-refractivity contribution < 1.29 is 37.1 Å². The van der Waals surface area contributed by atoms with Crippen LogP contribution in [0.5, 0.6) is 6.01 Å². The number of fused-ring (bicyclic) bond motifs is 1. The van der Waals surface area contributed by atoms with Gasteiger partial charge in [0.1, 0.15) is 35.6 Å². The number of ether oxygens (including phenoxy) is 2. The number of hydrogen-bond acceptors (Lipinski definition) is 11. The van der Waals surface area contributed by atoms with Crippen molar-refractivity contribution in [1.29, 1.82) is 0 Å². The van der Waals surface area contributed by atoms with Crippen molar-refractivity contribution in [1.82, 2.24) is 34.5 Å². The number of rotatable bonds is 17. The fraction of sp³-hybridized carbons (Fsp3) is 0.585. The smallest absolute Gasteiger partial charge is 0.408 e. The van der Waals surface area contributed by atoms with Crippen LogP contribution >= 0.6 is 0 Å². The highest BCUT2D eigenvalue weighted by Gasteiger charge is 2.52. The Hall–Kier alpha value is -5.06. The van der Waals surface area contributed by atoms with E-state index in [-0.39, 0.29) is 30.8 Å². The second-order valence-corrected chi connectivity index (χ2v) is 19.4. The molecule has 3 heterocycles. The highest BCUT2D eigenvalue weighted by Crippen LogP contribution is 2.44. The molecule has 17 heteroatoms. The molecule has 2 aliphatic carbocycles. The van der Waals surface area contributed by atoms with Gasteiger partial charge in [0.2, 0.25) is 27.7 Å². The van der Waals surface area contributed by atoms with E-state index in [0.717, 1.165) is 35.9 Å². The van der Waals surface area contributed by atoms with Gasteiger partial charge in [-0.2, -0.15) is 4.98 Å². The van der Waals surface area contributed by atoms with Crippen molar-refractivity contribution in [2.45, 2.75) is 134 Å². The third-order valence-corrected chi connectivity index (χ3v) is 13.1. The molecular formula is C41H56N8O8S. The lowest BCUT2D eigenvalue weighted by molar-refractivity contribution is -0.139. The molecule has 58 heavy (non-hydrogen) atoms. The Morgan fingerprint density at radius 3 is 2.45 bits per heavy atom. The molecule has 314 valence electrons. The van der Waals surface area contributed by atoms with Crippen molar-refractivity contribution in [2.75, 3.05) is 6.54 Å². The van der Waals surface area contributed by atoms with E-state index in [1.54, 1.807) is 40.1 Å². The summed E-state index contributed by atoms with van der Waals surface area (Å²) >= 11 is 0. The van der Waals surface area contributed by atoms with Crippen LogP contribution in [-0.4, -0.2) is 91.7 Å². The molecule has 5 atom stereocenters. The molecule has 5 unspecified atom stereocenters. The van der Waals surface area contributed by atoms with E-state index in [2.05, 4.69) is 20.0 Å². The number of carbonyl (C=O) groups is 4. The van der Waals surface area contributed by atoms with Gasteiger partial charge in [-0.05, 0) is 92.1 Å². The van der Waals surface area contributed by atoms with Gasteiger partial charge in [-0.3, -0.25) is 23.7 Å². The maximum absolute atomic E-state index is 14.2. The fourth-order valence-corrected chi connectivity index (χ4v) is 8.67. The van der Waals surface area contributed by atoms with E-state index >= 15 is 0 Å². The van der Waals surface area contributed by atoms with Crippen molar-refractivity contribution >= 4 is 44.9 Å². The molecule has 2 saturated carbocycles. The average Bonchev–Trinajstić information content (AvgIpc) is 4.02. The summed E-state index contributed by atoms with van der Waals surface area (Å²) in [5.41, 5.74) is 8.24. The lowest BCUT2D eigenvalue weighted by Gasteiger charge is -2.28. The Morgan fingerprint density at radius 2 is 1.79 bits per heavy atom. The Morgan fingerprint density at radius 1 is 1.07 bits per heavy atom. The molecule has 1 saturated heterocycles. The number of imidazole rings is 1. The number of hydrogen-bond donors (Lipinski definition) is 3. The van der Waals surface area contributed by atoms with E-state index in [9.17, 15) is 27.6 Å². The number of allylic oxidation sites excluding steroid dienone is 2. The number of sulfonamides is 1. The standard InChI is InChI=1S/C41H56N8O8S/c1-25(2)49-32-16-12-14-29(27-21-43-24-44-22-27)34(32)46-38(49)56-28-20-33(35(42)50)48(23-28)37(52)31(45-39(53)57-40(3,4)5)15-11-9-7-8-10-13-26-19-30(26)36(51)47-58(54,55)41(6)17-18-41/h10,12-14,16,21-22,24-26,28,30-31,33H,7-9,11,15,17-20,23H2,1-6H3,(H2,42,50)(H,45,53)(H,47,51). The zero-order chi connectivity index (χ0) is 42.0. The molecule has 3 aromatic rings. The van der Waals surface area contributed by atoms with Crippen LogP contribution in [-0.2, 0) is 29.1 Å². The molecule has 6 rings (SSSR count). The Kier molecular flexibility index (Phi) is 12.5. The van der Waals surface area contributed by atoms with Crippen LogP contribution in [0.3, 0.4) is 0 Å². The molecule has 4 N–H and O–H groups in total. The normalized spacial score (nSPS) is 21.9. The van der Waals surface area contributed by atoms with Gasteiger partial charge >= 0.3 is 6.09 Å². The molecule has 4 amide bonds. The molecule has 0 spiro atoms. The number of primary amides is 1. The van der Waals surface area contributed by atoms with E-state index in [4.69, 9.17) is 20.2 Å². The molecule has 1 aliphatic heterocycles. The van der Waals surface area contributed by atoms with Gasteiger partial charge in [-0.25, -0.2) is 23.2 Å². The van der Waals surface area contributed by atoms with Gasteiger partial charge in [0.25, 0.3) is 6.01 Å². The van der Waals surface area contributed by atoms with Crippen LogP contribution in [0.4, 0.5) is 4.79 Å². The maximum Gasteiger partial charge on any atom is 0.408 e. The predicted octanol–water partition coefficient (Wildman–Crippen LogP) is 4.94. The lowest BCUT2D eigenvalue weighted by Crippen LogP contribution is -2.53. The van der Waals surface area contributed by atoms with Gasteiger partial charge in [-0.1, -0.05) is 37.1 Å². The van der Waals surface area contributed by atoms with Crippen LogP contribution in [0.1, 0.15) is 105 Å². The number of nitrogens with zero attached hydrogens (tertiary/aromatic N) is 5. The topological polar surface area (TPSA) is 218 Å². The van der Waals surface area contributed by atoms with Crippen molar-refractivity contribution in [3.05, 3.63) is 49.1 Å². The first-order chi connectivity index (χ1) is 27.4. The molecular weight excluding hydrogens is 765 g/mol. The summed E-state index contributed by atoms with van der Waals surface area (Å²) in [4.78, 5) is 67.1. The molecule has 3 aliphatic rings. The number of para-hydroxylation sites is 1. The van der Waals surface area contributed by atoms with Crippen molar-refractivity contribution in [2.24, 2.45) is 17.6 Å². The monoisotopic (exact) mass is 820 g/mol. The molecule has 16 nitrogen and oxygen atoms in total. The quantitative estimate of drug-likeness (QED) is 0.122. The second-order valence-electron chi connectivity index (χ2n) is 17.2. The summed E-state index contributed by atoms with van der Waals surface area (Å²) < 4.78 is 40.2. The predicted molar refractivity (Wildman–Crippen MR) is 217 cm³/mol. The zero-order valence-electron chi connectivity index (χ0n) is 34.1. The molecule has 0 bridgehead atoms. The van der Waals surface area contributed by atoms with Gasteiger partial charge in [0.05, 0.1) is 16.8 Å². The zero-order valence-corrected chi connectivity index (χ0v) is 35.0. The third kappa shape index (κ3) is 9.96. The third-order valence-electron chi connectivity index (χ3n) is 11.0. The van der Waals surface area contributed by atoms with Crippen molar-refractivity contribution in [3.8, 4) is 17.1 Å². The number of nitrogens with two attached hydrogens (primary N) is 1. The van der Waals surface area contributed by atoms with Gasteiger partial charge < -0.3 is 25.4 Å². The lowest BCUT2D eigenvalue weighted by atomic mass is 10.0. The Balaban J connectivity index is 1.08. The van der Waals surface area contributed by atoms with Gasteiger partial charge in [0.15, 0.2) is 0 Å². The fourth-order valence-electron chi connectivity index (χ4n) is 7.36. The van der Waals surface area contributed by atoms with Crippen LogP contribution < -0.4 is 20.5 Å². The summed E-state index contributed by atoms with van der Waals surface area (Å²) in [6, 6.07) is 4.18. The second kappa shape index (κ2) is 17.0. The molecule has 1 aromatic carbocycles. The van der Waals surface area contributed by atoms with E-state index in [0.29, 0.717) is 43.6 Å². The number of aromatic nitrogens is 4. The summed E-state index contributed by atoms with van der Waals surface area (Å²) in [6.07, 6.45) is 12.5. The minimum atomic E-state index is -3.65. The summed E-state index contributed by atoms with van der Waals surface area (Å²) in [5.74, 6) is -1.90. The number of carbonyl (C=O) groups excluding carboxylic acids is 4. The van der Waals surface area contributed by atoms with Crippen molar-refractivity contribution in [3.63, 3.8) is 0 Å². The number of unbranched alkanes of at least 4 members (excludes halogenated alkanes) is 3. The number of nitrogens with one attached hydrogen (secondary N) is 2. The first-order valence-electron chi connectivity index (χ1n) is 20.1. The summed E-state index contributed by atoms with van der Waals surface area (Å²) in [7, 11) is -3.65. The molecule has 2 aromatic heterocycles. The van der Waals surface area contributed by atoms with Crippen LogP contribution in [0.15, 0.2) is 49.1 Å². The van der Waals surface area contributed by atoms with Gasteiger partial charge in [0, 0.05) is 41.9 Å². The largest absolute Gasteiger partial charge is 0.459 e. The summed E-state index contributed by atoms with van der Waals surface area (Å²) in [5, 5.41) is 2.74. The van der Waals surface area contributed by atoms with Gasteiger partial charge in [-0.15, -0.1) is 0 Å². The Labute approximate surface area is 339 Å². The van der Waals surface area contributed by atoms with E-state index < -0.39 is 62.4 Å². The number of benzene rings is 1. The minimum Gasteiger partial charge on any atom is -0.459 e. The highest BCUT2D eigenvalue weighted by atomic mass is 32.2. The number of amides is 4. The average molecular weight is 821 g/mol. The minimum absolute atomic E-state index is 0.0140. The molecule has 3 fully saturated rings. The summed E-state index contributed by atoms with van der Waals surface area (Å²) in [6.45, 7) is 10.9. The first-order valence-corrected chi connectivity index (χ1v) is 21.6. The van der Waals surface area contributed by atoms with Crippen LogP contribution in [0.25, 0.3) is 22.2 Å². The Bertz CT molecular complexity index is 2140. The van der Waals surface area contributed by atoms with E-state index in [1.165, 1.54) is 11.2 Å². The van der Waals surface area contributed by atoms with E-state index in [1.807, 2.05) is 48.8 Å². The van der Waals surface area contributed by atoms with Crippen LogP contribution in [0, 0.1) is 11.8 Å². The first kappa shape index (κ1) is 42.5. The SMILES string of the molecule is CC(C)n1c(OC2CC(C(N)=O)N(C(=O)C(CCCCCC=CC3CC3C(=O)NS(=O)(=O)C3(C)CC3)NC(=O)OC(C)(C)C)C2)nc2c(-c3cncnc3)cccc21. The van der Waals surface area contributed by atoms with Crippen LogP contribution in [0.2, 0.25) is 0 Å². The highest BCUT2D eigenvalue weighted by molar-refractivity contribution is 7.91. The number of likely N-dealkylation sites (tertiary alicyclic amines) is 1. The number of alkyl carbamates (subject to hydrolysis) is 1. The molecule has 0 radical (unpaired) electrons. The maximum atomic E-state index is 14.2.